The second-order valence-corrected chi connectivity index (χ2v) is 7.49. The fraction of sp³-hybridized carbons (Fsp3) is 0.120. The molecule has 33 heavy (non-hydrogen) atoms. The summed E-state index contributed by atoms with van der Waals surface area (Å²) in [5.74, 6) is -2.54. The van der Waals surface area contributed by atoms with Crippen molar-refractivity contribution in [3.8, 4) is 0 Å². The van der Waals surface area contributed by atoms with Crippen LogP contribution in [0.2, 0.25) is 0 Å². The molecule has 0 spiro atoms. The first kappa shape index (κ1) is 21.9. The molecule has 0 saturated heterocycles. The van der Waals surface area contributed by atoms with E-state index >= 15 is 0 Å². The van der Waals surface area contributed by atoms with E-state index in [0.29, 0.717) is 11.4 Å². The summed E-state index contributed by atoms with van der Waals surface area (Å²) in [4.78, 5) is 55.0. The van der Waals surface area contributed by atoms with Gasteiger partial charge in [0, 0.05) is 18.4 Å². The molecule has 1 heterocycles. The van der Waals surface area contributed by atoms with Crippen LogP contribution in [0, 0.1) is 5.82 Å². The van der Waals surface area contributed by atoms with E-state index in [9.17, 15) is 23.6 Å². The van der Waals surface area contributed by atoms with Crippen LogP contribution in [0.15, 0.2) is 78.9 Å². The Labute approximate surface area is 189 Å². The molecule has 166 valence electrons. The number of fused-ring (bicyclic) bond motifs is 1. The standard InChI is InChI=1S/C25H20FN3O4/c1-27(18-13-11-17(26)12-14-18)22(30)15-28(19-7-3-2-4-8-19)23(31)16-29-24(32)20-9-5-6-10-21(20)25(29)33/h2-14H,15-16H2,1H3. The van der Waals surface area contributed by atoms with Gasteiger partial charge in [0.15, 0.2) is 0 Å². The molecule has 4 rings (SSSR count). The van der Waals surface area contributed by atoms with Crippen LogP contribution in [0.25, 0.3) is 0 Å². The number of carbonyl (C=O) groups excluding carboxylic acids is 4. The van der Waals surface area contributed by atoms with Crippen LogP contribution in [0.4, 0.5) is 15.8 Å². The predicted octanol–water partition coefficient (Wildman–Crippen LogP) is 3.12. The molecule has 0 N–H and O–H groups in total. The summed E-state index contributed by atoms with van der Waals surface area (Å²) >= 11 is 0. The number of hydrogen-bond acceptors (Lipinski definition) is 4. The van der Waals surface area contributed by atoms with Crippen molar-refractivity contribution in [1.82, 2.24) is 4.90 Å². The van der Waals surface area contributed by atoms with Gasteiger partial charge in [-0.05, 0) is 48.5 Å². The van der Waals surface area contributed by atoms with Crippen molar-refractivity contribution in [3.63, 3.8) is 0 Å². The summed E-state index contributed by atoms with van der Waals surface area (Å²) in [6.45, 7) is -0.839. The number of halogens is 1. The zero-order valence-electron chi connectivity index (χ0n) is 17.8. The van der Waals surface area contributed by atoms with Crippen LogP contribution in [0.1, 0.15) is 20.7 Å². The van der Waals surface area contributed by atoms with Gasteiger partial charge in [0.2, 0.25) is 11.8 Å². The summed E-state index contributed by atoms with van der Waals surface area (Å²) in [6, 6.07) is 20.3. The maximum absolute atomic E-state index is 13.2. The zero-order valence-corrected chi connectivity index (χ0v) is 17.8. The number of imide groups is 1. The number of rotatable bonds is 6. The summed E-state index contributed by atoms with van der Waals surface area (Å²) < 4.78 is 13.2. The van der Waals surface area contributed by atoms with E-state index in [1.807, 2.05) is 0 Å². The van der Waals surface area contributed by atoms with Gasteiger partial charge in [-0.25, -0.2) is 4.39 Å². The molecule has 7 nitrogen and oxygen atoms in total. The van der Waals surface area contributed by atoms with Gasteiger partial charge in [-0.2, -0.15) is 0 Å². The Morgan fingerprint density at radius 3 is 1.88 bits per heavy atom. The smallest absolute Gasteiger partial charge is 0.262 e. The Morgan fingerprint density at radius 2 is 1.30 bits per heavy atom. The second kappa shape index (κ2) is 9.04. The molecule has 1 aliphatic rings. The maximum atomic E-state index is 13.2. The lowest BCUT2D eigenvalue weighted by Crippen LogP contribution is -2.47. The zero-order chi connectivity index (χ0) is 23.5. The first-order chi connectivity index (χ1) is 15.9. The second-order valence-electron chi connectivity index (χ2n) is 7.49. The minimum Gasteiger partial charge on any atom is -0.314 e. The molecule has 8 heteroatoms. The number of benzene rings is 3. The summed E-state index contributed by atoms with van der Waals surface area (Å²) in [5, 5.41) is 0. The Balaban J connectivity index is 1.56. The molecule has 4 amide bonds. The highest BCUT2D eigenvalue weighted by Gasteiger charge is 2.37. The van der Waals surface area contributed by atoms with E-state index in [1.165, 1.54) is 53.2 Å². The van der Waals surface area contributed by atoms with E-state index in [0.717, 1.165) is 4.90 Å². The molecule has 0 radical (unpaired) electrons. The fourth-order valence-electron chi connectivity index (χ4n) is 3.58. The van der Waals surface area contributed by atoms with Crippen LogP contribution in [-0.4, -0.2) is 48.7 Å². The van der Waals surface area contributed by atoms with Gasteiger partial charge >= 0.3 is 0 Å². The molecule has 0 aliphatic carbocycles. The monoisotopic (exact) mass is 445 g/mol. The molecule has 3 aromatic rings. The van der Waals surface area contributed by atoms with Crippen LogP contribution in [-0.2, 0) is 9.59 Å². The lowest BCUT2D eigenvalue weighted by atomic mass is 10.1. The van der Waals surface area contributed by atoms with E-state index in [4.69, 9.17) is 0 Å². The molecule has 1 aliphatic heterocycles. The van der Waals surface area contributed by atoms with Crippen molar-refractivity contribution < 1.29 is 23.6 Å². The van der Waals surface area contributed by atoms with Crippen molar-refractivity contribution in [2.45, 2.75) is 0 Å². The van der Waals surface area contributed by atoms with Crippen LogP contribution >= 0.6 is 0 Å². The number of anilines is 2. The Kier molecular flexibility index (Phi) is 5.99. The topological polar surface area (TPSA) is 78.0 Å². The van der Waals surface area contributed by atoms with Gasteiger partial charge in [0.05, 0.1) is 11.1 Å². The highest BCUT2D eigenvalue weighted by molar-refractivity contribution is 6.23. The van der Waals surface area contributed by atoms with Gasteiger partial charge in [0.1, 0.15) is 18.9 Å². The molecule has 0 saturated carbocycles. The third-order valence-corrected chi connectivity index (χ3v) is 5.42. The maximum Gasteiger partial charge on any atom is 0.262 e. The molecule has 0 aromatic heterocycles. The van der Waals surface area contributed by atoms with E-state index in [1.54, 1.807) is 42.5 Å². The van der Waals surface area contributed by atoms with Gasteiger partial charge in [-0.1, -0.05) is 30.3 Å². The highest BCUT2D eigenvalue weighted by atomic mass is 19.1. The lowest BCUT2D eigenvalue weighted by molar-refractivity contribution is -0.122. The summed E-state index contributed by atoms with van der Waals surface area (Å²) in [7, 11) is 1.52. The molecule has 0 bridgehead atoms. The van der Waals surface area contributed by atoms with E-state index < -0.39 is 36.0 Å². The van der Waals surface area contributed by atoms with Gasteiger partial charge in [-0.15, -0.1) is 0 Å². The largest absolute Gasteiger partial charge is 0.314 e. The Bertz CT molecular complexity index is 1190. The van der Waals surface area contributed by atoms with Gasteiger partial charge in [0.25, 0.3) is 11.8 Å². The van der Waals surface area contributed by atoms with Gasteiger partial charge < -0.3 is 9.80 Å². The molecular weight excluding hydrogens is 425 g/mol. The van der Waals surface area contributed by atoms with Crippen molar-refractivity contribution >= 4 is 35.0 Å². The van der Waals surface area contributed by atoms with Crippen molar-refractivity contribution in [3.05, 3.63) is 95.8 Å². The third kappa shape index (κ3) is 4.36. The molecule has 0 unspecified atom stereocenters. The summed E-state index contributed by atoms with van der Waals surface area (Å²) in [6.07, 6.45) is 0. The number of hydrogen-bond donors (Lipinski definition) is 0. The molecule has 0 fully saturated rings. The molecule has 0 atom stereocenters. The SMILES string of the molecule is CN(C(=O)CN(C(=O)CN1C(=O)c2ccccc2C1=O)c1ccccc1)c1ccc(F)cc1. The average molecular weight is 445 g/mol. The minimum atomic E-state index is -0.587. The van der Waals surface area contributed by atoms with E-state index in [2.05, 4.69) is 0 Å². The number of nitrogens with zero attached hydrogens (tertiary/aromatic N) is 3. The lowest BCUT2D eigenvalue weighted by Gasteiger charge is -2.27. The number of likely N-dealkylation sites (N-methyl/N-ethyl adjacent to an activating group) is 1. The van der Waals surface area contributed by atoms with Crippen molar-refractivity contribution in [2.24, 2.45) is 0 Å². The Hall–Kier alpha value is -4.33. The normalized spacial score (nSPS) is 12.5. The number of amides is 4. The molecule has 3 aromatic carbocycles. The van der Waals surface area contributed by atoms with Crippen LogP contribution in [0.3, 0.4) is 0 Å². The van der Waals surface area contributed by atoms with Crippen molar-refractivity contribution in [2.75, 3.05) is 29.9 Å². The summed E-state index contributed by atoms with van der Waals surface area (Å²) in [5.41, 5.74) is 1.39. The van der Waals surface area contributed by atoms with Gasteiger partial charge in [-0.3, -0.25) is 24.1 Å². The predicted molar refractivity (Wildman–Crippen MR) is 120 cm³/mol. The Morgan fingerprint density at radius 1 is 0.758 bits per heavy atom. The van der Waals surface area contributed by atoms with E-state index in [-0.39, 0.29) is 17.7 Å². The fourth-order valence-corrected chi connectivity index (χ4v) is 3.58. The number of para-hydroxylation sites is 1. The average Bonchev–Trinajstić information content (AvgIpc) is 3.08. The molecular formula is C25H20FN3O4. The highest BCUT2D eigenvalue weighted by Crippen LogP contribution is 2.23. The first-order valence-electron chi connectivity index (χ1n) is 10.2. The van der Waals surface area contributed by atoms with Crippen LogP contribution in [0.5, 0.6) is 0 Å². The quantitative estimate of drug-likeness (QED) is 0.547. The number of carbonyl (C=O) groups is 4. The minimum absolute atomic E-state index is 0.244. The van der Waals surface area contributed by atoms with Crippen molar-refractivity contribution in [1.29, 1.82) is 0 Å². The van der Waals surface area contributed by atoms with Crippen LogP contribution < -0.4 is 9.80 Å². The first-order valence-corrected chi connectivity index (χ1v) is 10.2. The third-order valence-electron chi connectivity index (χ3n) is 5.42.